The maximum Gasteiger partial charge on any atom is 0.337 e. The van der Waals surface area contributed by atoms with Crippen molar-refractivity contribution in [3.05, 3.63) is 35.7 Å². The quantitative estimate of drug-likeness (QED) is 0.757. The van der Waals surface area contributed by atoms with Crippen molar-refractivity contribution >= 4 is 12.2 Å². The van der Waals surface area contributed by atoms with Crippen LogP contribution >= 0.6 is 0 Å². The lowest BCUT2D eigenvalue weighted by Crippen LogP contribution is -2.46. The van der Waals surface area contributed by atoms with Gasteiger partial charge in [-0.25, -0.2) is 4.79 Å². The van der Waals surface area contributed by atoms with E-state index >= 15 is 0 Å². The molecule has 0 aromatic heterocycles. The van der Waals surface area contributed by atoms with Crippen molar-refractivity contribution in [2.75, 3.05) is 6.54 Å². The number of carboxylic acids is 1. The summed E-state index contributed by atoms with van der Waals surface area (Å²) in [5.74, 6) is -0.909. The number of fused-ring (bicyclic) bond motifs is 1. The van der Waals surface area contributed by atoms with Crippen LogP contribution in [0, 0.1) is 0 Å². The molecule has 2 N–H and O–H groups in total. The van der Waals surface area contributed by atoms with E-state index in [0.29, 0.717) is 5.57 Å². The Morgan fingerprint density at radius 1 is 1.56 bits per heavy atom. The van der Waals surface area contributed by atoms with Gasteiger partial charge in [0, 0.05) is 12.4 Å². The second-order valence-electron chi connectivity index (χ2n) is 4.63. The first-order valence-electron chi connectivity index (χ1n) is 6.14. The van der Waals surface area contributed by atoms with Gasteiger partial charge in [0.25, 0.3) is 0 Å². The molecule has 5 nitrogen and oxygen atoms in total. The summed E-state index contributed by atoms with van der Waals surface area (Å²) >= 11 is 0. The van der Waals surface area contributed by atoms with E-state index in [0.717, 1.165) is 25.1 Å². The normalized spacial score (nSPS) is 29.9. The van der Waals surface area contributed by atoms with E-state index in [2.05, 4.69) is 15.2 Å². The molecule has 1 fully saturated rings. The van der Waals surface area contributed by atoms with Gasteiger partial charge in [-0.2, -0.15) is 0 Å². The van der Waals surface area contributed by atoms with Crippen LogP contribution in [-0.2, 0) is 4.79 Å². The number of rotatable bonds is 2. The molecule has 0 aliphatic carbocycles. The summed E-state index contributed by atoms with van der Waals surface area (Å²) in [6.07, 6.45) is 11.4. The maximum absolute atomic E-state index is 11.2. The van der Waals surface area contributed by atoms with E-state index in [4.69, 9.17) is 5.11 Å². The fourth-order valence-electron chi connectivity index (χ4n) is 2.59. The highest BCUT2D eigenvalue weighted by molar-refractivity contribution is 5.90. The molecule has 0 saturated carbocycles. The molecule has 0 aromatic rings. The number of aliphatic imine (C=N–C) groups is 1. The summed E-state index contributed by atoms with van der Waals surface area (Å²) in [6.45, 7) is 0.982. The zero-order valence-electron chi connectivity index (χ0n) is 9.91. The number of nitrogens with one attached hydrogen (secondary N) is 1. The van der Waals surface area contributed by atoms with Crippen LogP contribution in [-0.4, -0.2) is 40.9 Å². The molecule has 0 radical (unpaired) electrons. The van der Waals surface area contributed by atoms with Gasteiger partial charge in [0.05, 0.1) is 23.5 Å². The van der Waals surface area contributed by atoms with Crippen molar-refractivity contribution in [3.8, 4) is 0 Å². The van der Waals surface area contributed by atoms with Gasteiger partial charge < -0.3 is 10.0 Å². The van der Waals surface area contributed by atoms with Gasteiger partial charge in [0.15, 0.2) is 0 Å². The predicted molar refractivity (Wildman–Crippen MR) is 68.1 cm³/mol. The van der Waals surface area contributed by atoms with Crippen LogP contribution in [0.15, 0.2) is 40.7 Å². The van der Waals surface area contributed by atoms with E-state index in [9.17, 15) is 4.79 Å². The number of aliphatic carboxylic acids is 1. The van der Waals surface area contributed by atoms with Crippen molar-refractivity contribution in [1.82, 2.24) is 10.2 Å². The Balaban J connectivity index is 1.95. The van der Waals surface area contributed by atoms with E-state index in [1.165, 1.54) is 0 Å². The number of hydrogen-bond donors (Lipinski definition) is 2. The molecule has 0 spiro atoms. The summed E-state index contributed by atoms with van der Waals surface area (Å²) in [7, 11) is 0. The second kappa shape index (κ2) is 4.42. The first kappa shape index (κ1) is 11.2. The number of carboxylic acid groups (broad SMARTS) is 1. The standard InChI is InChI=1S/C13H15N3O2/c17-13(18)9-7-10-11(3-1-5-14-10)16(8-9)12-4-2-6-15-12/h1,3,5,7-8,11-12,15H,2,4,6H2,(H,17,18). The first-order chi connectivity index (χ1) is 8.75. The topological polar surface area (TPSA) is 64.9 Å². The second-order valence-corrected chi connectivity index (χ2v) is 4.63. The molecule has 2 atom stereocenters. The summed E-state index contributed by atoms with van der Waals surface area (Å²) < 4.78 is 0. The average molecular weight is 245 g/mol. The van der Waals surface area contributed by atoms with Crippen LogP contribution in [0.2, 0.25) is 0 Å². The molecule has 94 valence electrons. The van der Waals surface area contributed by atoms with Crippen LogP contribution in [0.25, 0.3) is 0 Å². The van der Waals surface area contributed by atoms with Crippen molar-refractivity contribution in [1.29, 1.82) is 0 Å². The van der Waals surface area contributed by atoms with Crippen molar-refractivity contribution in [2.45, 2.75) is 25.0 Å². The van der Waals surface area contributed by atoms with Crippen LogP contribution < -0.4 is 5.32 Å². The average Bonchev–Trinajstić information content (AvgIpc) is 2.91. The molecule has 0 bridgehead atoms. The molecule has 18 heavy (non-hydrogen) atoms. The summed E-state index contributed by atoms with van der Waals surface area (Å²) in [4.78, 5) is 17.5. The van der Waals surface area contributed by atoms with Gasteiger partial charge in [-0.05, 0) is 31.5 Å². The van der Waals surface area contributed by atoms with E-state index in [1.807, 2.05) is 12.2 Å². The SMILES string of the molecule is O=C(O)C1=CN(C2CCCN2)C2C=CC=NC2=C1. The van der Waals surface area contributed by atoms with E-state index in [-0.39, 0.29) is 12.2 Å². The molecule has 3 heterocycles. The predicted octanol–water partition coefficient (Wildman–Crippen LogP) is 0.873. The lowest BCUT2D eigenvalue weighted by atomic mass is 10.0. The Morgan fingerprint density at radius 2 is 2.44 bits per heavy atom. The highest BCUT2D eigenvalue weighted by atomic mass is 16.4. The molecule has 3 aliphatic rings. The molecule has 2 unspecified atom stereocenters. The van der Waals surface area contributed by atoms with Gasteiger partial charge in [0.2, 0.25) is 0 Å². The van der Waals surface area contributed by atoms with E-state index in [1.54, 1.807) is 18.5 Å². The minimum Gasteiger partial charge on any atom is -0.478 e. The van der Waals surface area contributed by atoms with Crippen LogP contribution in [0.1, 0.15) is 12.8 Å². The van der Waals surface area contributed by atoms with Gasteiger partial charge in [-0.1, -0.05) is 6.08 Å². The lowest BCUT2D eigenvalue weighted by molar-refractivity contribution is -0.132. The highest BCUT2D eigenvalue weighted by Gasteiger charge is 2.31. The van der Waals surface area contributed by atoms with Crippen LogP contribution in [0.3, 0.4) is 0 Å². The third kappa shape index (κ3) is 1.86. The fraction of sp³-hybridized carbons (Fsp3) is 0.385. The Bertz CT molecular complexity index is 484. The van der Waals surface area contributed by atoms with Gasteiger partial charge in [-0.15, -0.1) is 0 Å². The Morgan fingerprint density at radius 3 is 3.17 bits per heavy atom. The first-order valence-corrected chi connectivity index (χ1v) is 6.14. The van der Waals surface area contributed by atoms with E-state index < -0.39 is 5.97 Å². The molecular weight excluding hydrogens is 230 g/mol. The monoisotopic (exact) mass is 245 g/mol. The van der Waals surface area contributed by atoms with Crippen molar-refractivity contribution in [2.24, 2.45) is 4.99 Å². The van der Waals surface area contributed by atoms with Crippen LogP contribution in [0.5, 0.6) is 0 Å². The number of dihydropyridines is 1. The Kier molecular flexibility index (Phi) is 2.76. The number of nitrogens with zero attached hydrogens (tertiary/aromatic N) is 2. The largest absolute Gasteiger partial charge is 0.478 e. The molecule has 3 aliphatic heterocycles. The van der Waals surface area contributed by atoms with Crippen molar-refractivity contribution < 1.29 is 9.90 Å². The number of carbonyl (C=O) groups is 1. The Labute approximate surface area is 105 Å². The molecule has 0 amide bonds. The third-order valence-electron chi connectivity index (χ3n) is 3.46. The lowest BCUT2D eigenvalue weighted by Gasteiger charge is -2.37. The number of hydrogen-bond acceptors (Lipinski definition) is 4. The zero-order chi connectivity index (χ0) is 12.5. The Hall–Kier alpha value is -1.88. The minimum absolute atomic E-state index is 0.0497. The smallest absolute Gasteiger partial charge is 0.337 e. The van der Waals surface area contributed by atoms with Crippen molar-refractivity contribution in [3.63, 3.8) is 0 Å². The highest BCUT2D eigenvalue weighted by Crippen LogP contribution is 2.28. The molecular formula is C13H15N3O2. The van der Waals surface area contributed by atoms with Crippen LogP contribution in [0.4, 0.5) is 0 Å². The fourth-order valence-corrected chi connectivity index (χ4v) is 2.59. The molecule has 5 heteroatoms. The third-order valence-corrected chi connectivity index (χ3v) is 3.46. The summed E-state index contributed by atoms with van der Waals surface area (Å²) in [5.41, 5.74) is 1.09. The van der Waals surface area contributed by atoms with Gasteiger partial charge >= 0.3 is 5.97 Å². The molecule has 1 saturated heterocycles. The zero-order valence-corrected chi connectivity index (χ0v) is 9.91. The van der Waals surface area contributed by atoms with Gasteiger partial charge in [-0.3, -0.25) is 10.3 Å². The molecule has 0 aromatic carbocycles. The summed E-state index contributed by atoms with van der Waals surface area (Å²) in [5, 5.41) is 12.6. The maximum atomic E-state index is 11.2. The summed E-state index contributed by atoms with van der Waals surface area (Å²) in [6, 6.07) is 0.0497. The molecule has 3 rings (SSSR count). The minimum atomic E-state index is -0.909. The van der Waals surface area contributed by atoms with Gasteiger partial charge in [0.1, 0.15) is 0 Å². The number of allylic oxidation sites excluding steroid dienone is 1.